The number of ketones is 2. The highest BCUT2D eigenvalue weighted by molar-refractivity contribution is 5.94. The highest BCUT2D eigenvalue weighted by Gasteiger charge is 2.39. The van der Waals surface area contributed by atoms with Crippen molar-refractivity contribution in [2.24, 2.45) is 22.7 Å². The summed E-state index contributed by atoms with van der Waals surface area (Å²) in [7, 11) is 0. The van der Waals surface area contributed by atoms with Gasteiger partial charge in [0, 0.05) is 32.0 Å². The number of guanidine groups is 1. The second kappa shape index (κ2) is 15.3. The maximum Gasteiger partial charge on any atom is 0.306 e. The van der Waals surface area contributed by atoms with Gasteiger partial charge in [0.15, 0.2) is 17.5 Å². The van der Waals surface area contributed by atoms with Crippen molar-refractivity contribution in [3.63, 3.8) is 0 Å². The molecule has 1 aromatic carbocycles. The van der Waals surface area contributed by atoms with E-state index in [9.17, 15) is 23.6 Å². The van der Waals surface area contributed by atoms with Crippen molar-refractivity contribution in [1.29, 1.82) is 0 Å². The molecule has 39 heavy (non-hydrogen) atoms. The largest absolute Gasteiger partial charge is 0.461 e. The number of aliphatic imine (C=N–C) groups is 1. The number of alkyl halides is 1. The fourth-order valence-electron chi connectivity index (χ4n) is 5.10. The van der Waals surface area contributed by atoms with Crippen LogP contribution in [0.4, 0.5) is 4.39 Å². The minimum absolute atomic E-state index is 0.0726. The number of nitrogens with one attached hydrogen (secondary N) is 2. The van der Waals surface area contributed by atoms with Crippen LogP contribution in [0, 0.1) is 17.8 Å². The normalized spacial score (nSPS) is 18.3. The topological polar surface area (TPSA) is 117 Å². The predicted molar refractivity (Wildman–Crippen MR) is 146 cm³/mol. The van der Waals surface area contributed by atoms with Crippen LogP contribution in [0.15, 0.2) is 35.3 Å². The molecule has 10 heteroatoms. The maximum atomic E-state index is 13.5. The quantitative estimate of drug-likeness (QED) is 0.258. The Labute approximate surface area is 229 Å². The van der Waals surface area contributed by atoms with Crippen molar-refractivity contribution in [1.82, 2.24) is 15.5 Å². The van der Waals surface area contributed by atoms with E-state index in [1.54, 1.807) is 4.90 Å². The zero-order valence-electron chi connectivity index (χ0n) is 23.0. The average Bonchev–Trinajstić information content (AvgIpc) is 3.64. The number of carbonyl (C=O) groups is 4. The number of likely N-dealkylation sites (tertiary alicyclic amines) is 1. The number of esters is 1. The molecular weight excluding hydrogens is 503 g/mol. The number of halogens is 1. The molecule has 2 aliphatic rings. The molecule has 1 fully saturated rings. The lowest BCUT2D eigenvalue weighted by molar-refractivity contribution is -0.152. The number of hydrogen-bond acceptors (Lipinski definition) is 8. The Bertz CT molecular complexity index is 1020. The highest BCUT2D eigenvalue weighted by Crippen LogP contribution is 2.28. The number of ether oxygens (including phenoxy) is 1. The molecule has 0 aliphatic carbocycles. The van der Waals surface area contributed by atoms with Crippen molar-refractivity contribution >= 4 is 29.4 Å². The lowest BCUT2D eigenvalue weighted by Gasteiger charge is -2.30. The third-order valence-electron chi connectivity index (χ3n) is 7.39. The van der Waals surface area contributed by atoms with Crippen molar-refractivity contribution in [2.75, 3.05) is 32.9 Å². The molecular formula is C29H41FN4O5. The molecule has 9 nitrogen and oxygen atoms in total. The molecule has 1 saturated heterocycles. The van der Waals surface area contributed by atoms with Gasteiger partial charge in [-0.1, -0.05) is 44.2 Å². The molecule has 0 spiro atoms. The number of amides is 1. The van der Waals surface area contributed by atoms with Gasteiger partial charge in [0.2, 0.25) is 5.91 Å². The molecule has 0 aromatic heterocycles. The van der Waals surface area contributed by atoms with Gasteiger partial charge in [-0.15, -0.1) is 0 Å². The lowest BCUT2D eigenvalue weighted by Crippen LogP contribution is -2.46. The molecule has 0 bridgehead atoms. The smallest absolute Gasteiger partial charge is 0.306 e. The Kier molecular flexibility index (Phi) is 11.9. The Balaban J connectivity index is 1.55. The first-order chi connectivity index (χ1) is 18.8. The fraction of sp³-hybridized carbons (Fsp3) is 0.621. The van der Waals surface area contributed by atoms with Gasteiger partial charge in [-0.05, 0) is 37.2 Å². The summed E-state index contributed by atoms with van der Waals surface area (Å²) >= 11 is 0. The monoisotopic (exact) mass is 544 g/mol. The van der Waals surface area contributed by atoms with E-state index >= 15 is 0 Å². The van der Waals surface area contributed by atoms with Gasteiger partial charge in [-0.3, -0.25) is 24.2 Å². The summed E-state index contributed by atoms with van der Waals surface area (Å²) in [6.45, 7) is 5.22. The third-order valence-corrected chi connectivity index (χ3v) is 7.39. The summed E-state index contributed by atoms with van der Waals surface area (Å²) in [5.74, 6) is -2.30. The van der Waals surface area contributed by atoms with Crippen LogP contribution in [-0.2, 0) is 30.5 Å². The number of carbonyl (C=O) groups excluding carboxylic acids is 4. The molecule has 2 aliphatic heterocycles. The first kappa shape index (κ1) is 30.2. The fourth-order valence-corrected chi connectivity index (χ4v) is 5.10. The van der Waals surface area contributed by atoms with Crippen LogP contribution in [0.2, 0.25) is 0 Å². The van der Waals surface area contributed by atoms with Gasteiger partial charge in [0.1, 0.15) is 13.3 Å². The van der Waals surface area contributed by atoms with Crippen molar-refractivity contribution < 1.29 is 28.3 Å². The summed E-state index contributed by atoms with van der Waals surface area (Å²) in [5, 5.41) is 6.24. The molecule has 2 heterocycles. The van der Waals surface area contributed by atoms with E-state index in [1.807, 2.05) is 44.2 Å². The molecule has 3 rings (SSSR count). The van der Waals surface area contributed by atoms with Crippen LogP contribution < -0.4 is 10.6 Å². The minimum Gasteiger partial charge on any atom is -0.461 e. The zero-order valence-corrected chi connectivity index (χ0v) is 23.0. The molecule has 2 N–H and O–H groups in total. The number of Topliss-reactive ketones (excluding diaryl/α,β-unsaturated/α-hetero) is 2. The first-order valence-corrected chi connectivity index (χ1v) is 13.9. The summed E-state index contributed by atoms with van der Waals surface area (Å²) in [4.78, 5) is 57.5. The lowest BCUT2D eigenvalue weighted by atomic mass is 9.88. The van der Waals surface area contributed by atoms with E-state index in [4.69, 9.17) is 4.74 Å². The van der Waals surface area contributed by atoms with E-state index < -0.39 is 36.3 Å². The van der Waals surface area contributed by atoms with Crippen molar-refractivity contribution in [3.05, 3.63) is 35.9 Å². The molecule has 0 radical (unpaired) electrons. The molecule has 0 unspecified atom stereocenters. The van der Waals surface area contributed by atoms with Gasteiger partial charge < -0.3 is 20.3 Å². The molecule has 214 valence electrons. The number of nitrogens with zero attached hydrogens (tertiary/aromatic N) is 2. The van der Waals surface area contributed by atoms with E-state index in [-0.39, 0.29) is 37.1 Å². The van der Waals surface area contributed by atoms with Crippen LogP contribution in [-0.4, -0.2) is 73.2 Å². The standard InChI is InChI=1S/C29H41FN4O5/c1-20(2)23(17-27(37)39-19-21-8-4-3-5-9-21)28(38)34-15-7-11-24(34)25(35)16-22(26(36)18-30)10-6-12-31-29-32-13-14-33-29/h3-5,8-9,20,22-24H,6-7,10-19H2,1-2H3,(H2,31,32,33)/t22-,23+,24+/m1/s1. The third kappa shape index (κ3) is 9.14. The van der Waals surface area contributed by atoms with E-state index in [2.05, 4.69) is 15.6 Å². The summed E-state index contributed by atoms with van der Waals surface area (Å²) in [6, 6.07) is 8.66. The second-order valence-electron chi connectivity index (χ2n) is 10.6. The molecule has 0 saturated carbocycles. The van der Waals surface area contributed by atoms with Crippen molar-refractivity contribution in [2.45, 2.75) is 65.0 Å². The number of benzene rings is 1. The van der Waals surface area contributed by atoms with Crippen LogP contribution in [0.5, 0.6) is 0 Å². The van der Waals surface area contributed by atoms with Gasteiger partial charge in [0.25, 0.3) is 0 Å². The van der Waals surface area contributed by atoms with Crippen LogP contribution in [0.25, 0.3) is 0 Å². The summed E-state index contributed by atoms with van der Waals surface area (Å²) < 4.78 is 18.7. The van der Waals surface area contributed by atoms with Gasteiger partial charge >= 0.3 is 5.97 Å². The highest BCUT2D eigenvalue weighted by atomic mass is 19.1. The van der Waals surface area contributed by atoms with Gasteiger partial charge in [-0.25, -0.2) is 4.39 Å². The van der Waals surface area contributed by atoms with Gasteiger partial charge in [-0.2, -0.15) is 0 Å². The molecule has 1 aromatic rings. The SMILES string of the molecule is CC(C)[C@H](CC(=O)OCc1ccccc1)C(=O)N1CCC[C@H]1C(=O)C[C@@H](CCCNC1=NCCN1)C(=O)CF. The zero-order chi connectivity index (χ0) is 28.2. The predicted octanol–water partition coefficient (Wildman–Crippen LogP) is 2.83. The van der Waals surface area contributed by atoms with E-state index in [0.717, 1.165) is 12.1 Å². The summed E-state index contributed by atoms with van der Waals surface area (Å²) in [5.41, 5.74) is 0.862. The van der Waals surface area contributed by atoms with Gasteiger partial charge in [0.05, 0.1) is 24.9 Å². The Morgan fingerprint density at radius 2 is 1.95 bits per heavy atom. The van der Waals surface area contributed by atoms with Crippen LogP contribution in [0.3, 0.4) is 0 Å². The molecule has 3 atom stereocenters. The van der Waals surface area contributed by atoms with E-state index in [0.29, 0.717) is 51.3 Å². The first-order valence-electron chi connectivity index (χ1n) is 13.9. The van der Waals surface area contributed by atoms with Crippen molar-refractivity contribution in [3.8, 4) is 0 Å². The Hall–Kier alpha value is -3.30. The Morgan fingerprint density at radius 1 is 1.18 bits per heavy atom. The average molecular weight is 545 g/mol. The summed E-state index contributed by atoms with van der Waals surface area (Å²) in [6.07, 6.45) is 1.94. The Morgan fingerprint density at radius 3 is 2.62 bits per heavy atom. The van der Waals surface area contributed by atoms with Crippen LogP contribution in [0.1, 0.15) is 57.9 Å². The second-order valence-corrected chi connectivity index (χ2v) is 10.6. The molecule has 1 amide bonds. The van der Waals surface area contributed by atoms with E-state index in [1.165, 1.54) is 0 Å². The number of hydrogen-bond donors (Lipinski definition) is 2. The number of rotatable bonds is 15. The van der Waals surface area contributed by atoms with Crippen LogP contribution >= 0.6 is 0 Å². The minimum atomic E-state index is -1.12. The maximum absolute atomic E-state index is 13.5.